The van der Waals surface area contributed by atoms with Gasteiger partial charge in [0.05, 0.1) is 78.4 Å². The lowest BCUT2D eigenvalue weighted by molar-refractivity contribution is -0.138. The van der Waals surface area contributed by atoms with Crippen molar-refractivity contribution >= 4 is 77.7 Å². The Balaban J connectivity index is 1.22. The first-order valence-corrected chi connectivity index (χ1v) is 28.9. The van der Waals surface area contributed by atoms with Crippen molar-refractivity contribution in [2.45, 2.75) is 50.9 Å². The number of nitriles is 2. The third-order valence-electron chi connectivity index (χ3n) is 18.1. The fraction of sp³-hybridized carbons (Fsp3) is 0.105. The Hall–Kier alpha value is -10.8. The zero-order valence-corrected chi connectivity index (χ0v) is 47.9. The number of nitrogens with zero attached hydrogens (tertiary/aromatic N) is 6. The molecule has 2 aliphatic rings. The first kappa shape index (κ1) is 53.9. The van der Waals surface area contributed by atoms with Crippen molar-refractivity contribution in [3.8, 4) is 45.8 Å². The van der Waals surface area contributed by atoms with Crippen LogP contribution in [0.4, 0.5) is 60.5 Å². The number of para-hydroxylation sites is 6. The summed E-state index contributed by atoms with van der Waals surface area (Å²) in [6, 6.07) is 75.0. The summed E-state index contributed by atoms with van der Waals surface area (Å²) in [5.74, 6) is 0. The standard InChI is InChI=1S/C76H50F6N6/c1-73(2)57-29-13-17-33-63(57)85(47-21-7-5-8-22-47)65-35-19-27-51(69(65)73)67-55(43-83)68(52-28-20-36-66-70(52)74(3,4)58-30-14-18-34-64(58)86(66)48-23-9-6-10-24-48)72(88-60-32-16-12-26-50(60)54-42-46(76(80,81)82)38-40-62(54)88)71(56(67)44-84)87-59-31-15-11-25-49(59)53-41-45(75(77,78)79)37-39-61(53)87/h5-42H,1-4H3. The van der Waals surface area contributed by atoms with Crippen LogP contribution in [0.2, 0.25) is 0 Å². The minimum atomic E-state index is -4.73. The molecule has 13 aromatic rings. The Bertz CT molecular complexity index is 5170. The quantitative estimate of drug-likeness (QED) is 0.156. The monoisotopic (exact) mass is 1160 g/mol. The van der Waals surface area contributed by atoms with E-state index in [0.29, 0.717) is 49.5 Å². The van der Waals surface area contributed by atoms with Crippen molar-refractivity contribution in [1.29, 1.82) is 10.5 Å². The second-order valence-electron chi connectivity index (χ2n) is 23.6. The number of fused-ring (bicyclic) bond motifs is 10. The summed E-state index contributed by atoms with van der Waals surface area (Å²) in [4.78, 5) is 4.39. The van der Waals surface area contributed by atoms with Crippen molar-refractivity contribution in [2.75, 3.05) is 9.80 Å². The molecule has 11 aromatic carbocycles. The highest BCUT2D eigenvalue weighted by Crippen LogP contribution is 2.60. The largest absolute Gasteiger partial charge is 0.416 e. The summed E-state index contributed by atoms with van der Waals surface area (Å²) in [6.45, 7) is 8.55. The highest BCUT2D eigenvalue weighted by atomic mass is 19.4. The zero-order chi connectivity index (χ0) is 60.8. The SMILES string of the molecule is CC1(C)c2ccccc2N(c2ccccc2)c2cccc(-c3c(C#N)c(-c4cccc5c4C(C)(C)c4ccccc4N5c4ccccc4)c(-n4c5ccccc5c5cc(C(F)(F)F)ccc54)c(-n4c5ccccc5c5cc(C(F)(F)F)ccc54)c3C#N)c21. The molecule has 2 aromatic heterocycles. The number of anilines is 6. The number of hydrogen-bond acceptors (Lipinski definition) is 4. The second-order valence-corrected chi connectivity index (χ2v) is 23.6. The normalized spacial score (nSPS) is 14.1. The third-order valence-corrected chi connectivity index (χ3v) is 18.1. The van der Waals surface area contributed by atoms with Gasteiger partial charge in [-0.2, -0.15) is 36.9 Å². The Morgan fingerprint density at radius 3 is 1.17 bits per heavy atom. The van der Waals surface area contributed by atoms with Crippen molar-refractivity contribution in [3.05, 3.63) is 275 Å². The predicted molar refractivity (Wildman–Crippen MR) is 339 cm³/mol. The van der Waals surface area contributed by atoms with E-state index in [-0.39, 0.29) is 38.8 Å². The molecule has 0 N–H and O–H groups in total. The maximum absolute atomic E-state index is 15.1. The summed E-state index contributed by atoms with van der Waals surface area (Å²) in [6.07, 6.45) is -9.46. The highest BCUT2D eigenvalue weighted by molar-refractivity contribution is 6.15. The molecule has 0 atom stereocenters. The summed E-state index contributed by atoms with van der Waals surface area (Å²) >= 11 is 0. The molecule has 0 amide bonds. The van der Waals surface area contributed by atoms with E-state index >= 15 is 26.3 Å². The van der Waals surface area contributed by atoms with Gasteiger partial charge in [0.1, 0.15) is 12.1 Å². The smallest absolute Gasteiger partial charge is 0.310 e. The fourth-order valence-corrected chi connectivity index (χ4v) is 14.5. The molecule has 6 nitrogen and oxygen atoms in total. The van der Waals surface area contributed by atoms with E-state index in [1.807, 2.05) is 130 Å². The minimum absolute atomic E-state index is 0.00494. The number of alkyl halides is 6. The van der Waals surface area contributed by atoms with Crippen LogP contribution >= 0.6 is 0 Å². The first-order chi connectivity index (χ1) is 42.4. The van der Waals surface area contributed by atoms with Crippen molar-refractivity contribution in [2.24, 2.45) is 0 Å². The second kappa shape index (κ2) is 19.3. The highest BCUT2D eigenvalue weighted by Gasteiger charge is 2.44. The van der Waals surface area contributed by atoms with Crippen LogP contribution in [0.3, 0.4) is 0 Å². The van der Waals surface area contributed by atoms with Gasteiger partial charge in [-0.15, -0.1) is 0 Å². The van der Waals surface area contributed by atoms with Gasteiger partial charge in [0, 0.05) is 54.9 Å². The molecule has 2 aliphatic heterocycles. The lowest BCUT2D eigenvalue weighted by Gasteiger charge is -2.44. The van der Waals surface area contributed by atoms with Crippen LogP contribution in [-0.2, 0) is 23.2 Å². The van der Waals surface area contributed by atoms with Gasteiger partial charge in [-0.1, -0.05) is 161 Å². The molecule has 0 aliphatic carbocycles. The van der Waals surface area contributed by atoms with Crippen LogP contribution in [0, 0.1) is 22.7 Å². The number of benzene rings is 11. The summed E-state index contributed by atoms with van der Waals surface area (Å²) in [5, 5.41) is 26.9. The number of aromatic nitrogens is 2. The average Bonchev–Trinajstić information content (AvgIpc) is 1.21. The molecule has 0 saturated carbocycles. The van der Waals surface area contributed by atoms with Gasteiger partial charge in [0.15, 0.2) is 0 Å². The fourth-order valence-electron chi connectivity index (χ4n) is 14.5. The molecular weight excluding hydrogens is 1110 g/mol. The molecule has 0 unspecified atom stereocenters. The Morgan fingerprint density at radius 1 is 0.352 bits per heavy atom. The van der Waals surface area contributed by atoms with E-state index in [2.05, 4.69) is 80.0 Å². The molecular formula is C76H50F6N6. The molecule has 426 valence electrons. The van der Waals surface area contributed by atoms with Crippen molar-refractivity contribution < 1.29 is 26.3 Å². The number of halogens is 6. The van der Waals surface area contributed by atoms with E-state index < -0.39 is 34.3 Å². The van der Waals surface area contributed by atoms with E-state index in [1.165, 1.54) is 12.1 Å². The molecule has 0 bridgehead atoms. The summed E-state index contributed by atoms with van der Waals surface area (Å²) in [7, 11) is 0. The van der Waals surface area contributed by atoms with Gasteiger partial charge in [-0.25, -0.2) is 0 Å². The summed E-state index contributed by atoms with van der Waals surface area (Å²) in [5.41, 5.74) is 9.07. The van der Waals surface area contributed by atoms with Gasteiger partial charge in [-0.3, -0.25) is 0 Å². The molecule has 0 saturated heterocycles. The average molecular weight is 1160 g/mol. The predicted octanol–water partition coefficient (Wildman–Crippen LogP) is 21.2. The van der Waals surface area contributed by atoms with Gasteiger partial charge in [-0.05, 0) is 130 Å². The molecule has 12 heteroatoms. The lowest BCUT2D eigenvalue weighted by Crippen LogP contribution is -2.32. The molecule has 88 heavy (non-hydrogen) atoms. The van der Waals surface area contributed by atoms with Gasteiger partial charge in [0.25, 0.3) is 0 Å². The zero-order valence-electron chi connectivity index (χ0n) is 47.9. The Morgan fingerprint density at radius 2 is 0.727 bits per heavy atom. The maximum Gasteiger partial charge on any atom is 0.416 e. The van der Waals surface area contributed by atoms with Crippen molar-refractivity contribution in [3.63, 3.8) is 0 Å². The Labute approximate surface area is 502 Å². The molecule has 15 rings (SSSR count). The first-order valence-electron chi connectivity index (χ1n) is 28.9. The molecule has 0 radical (unpaired) electrons. The topological polar surface area (TPSA) is 63.9 Å². The molecule has 0 spiro atoms. The molecule has 0 fully saturated rings. The van der Waals surface area contributed by atoms with E-state index in [4.69, 9.17) is 0 Å². The van der Waals surface area contributed by atoms with E-state index in [0.717, 1.165) is 80.6 Å². The van der Waals surface area contributed by atoms with Crippen LogP contribution in [0.5, 0.6) is 0 Å². The van der Waals surface area contributed by atoms with Crippen LogP contribution < -0.4 is 9.80 Å². The number of hydrogen-bond donors (Lipinski definition) is 0. The van der Waals surface area contributed by atoms with Crippen LogP contribution in [0.1, 0.15) is 72.2 Å². The van der Waals surface area contributed by atoms with Crippen LogP contribution in [-0.4, -0.2) is 9.13 Å². The van der Waals surface area contributed by atoms with Crippen LogP contribution in [0.15, 0.2) is 231 Å². The van der Waals surface area contributed by atoms with Crippen molar-refractivity contribution in [1.82, 2.24) is 9.13 Å². The third kappa shape index (κ3) is 7.74. The maximum atomic E-state index is 15.1. The van der Waals surface area contributed by atoms with E-state index in [9.17, 15) is 10.5 Å². The summed E-state index contributed by atoms with van der Waals surface area (Å²) < 4.78 is 94.2. The molecule has 4 heterocycles. The lowest BCUT2D eigenvalue weighted by atomic mass is 9.68. The number of rotatable bonds is 6. The van der Waals surface area contributed by atoms with Crippen LogP contribution in [0.25, 0.3) is 77.2 Å². The minimum Gasteiger partial charge on any atom is -0.310 e. The van der Waals surface area contributed by atoms with Gasteiger partial charge >= 0.3 is 12.4 Å². The van der Waals surface area contributed by atoms with E-state index in [1.54, 1.807) is 42.5 Å². The van der Waals surface area contributed by atoms with Gasteiger partial charge < -0.3 is 18.9 Å². The Kier molecular flexibility index (Phi) is 11.8. The van der Waals surface area contributed by atoms with Gasteiger partial charge in [0.2, 0.25) is 0 Å².